The Hall–Kier alpha value is -1.88. The third-order valence-electron chi connectivity index (χ3n) is 3.33. The zero-order chi connectivity index (χ0) is 12.5. The van der Waals surface area contributed by atoms with Crippen LogP contribution in [0.15, 0.2) is 24.3 Å². The maximum Gasteiger partial charge on any atom is 0.275 e. The molecule has 1 atom stereocenters. The second kappa shape index (κ2) is 4.42. The van der Waals surface area contributed by atoms with Crippen molar-refractivity contribution in [2.24, 2.45) is 0 Å². The summed E-state index contributed by atoms with van der Waals surface area (Å²) in [6.07, 6.45) is 0. The SMILES string of the molecule is C[C@H]1CN(C(=O)c2n[nH]c3ccccc23)CCN1. The molecule has 0 radical (unpaired) electrons. The predicted octanol–water partition coefficient (Wildman–Crippen LogP) is 0.997. The van der Waals surface area contributed by atoms with Crippen molar-refractivity contribution in [1.82, 2.24) is 20.4 Å². The molecule has 0 unspecified atom stereocenters. The third kappa shape index (κ3) is 1.86. The lowest BCUT2D eigenvalue weighted by Gasteiger charge is -2.31. The maximum absolute atomic E-state index is 12.4. The minimum atomic E-state index is 0.0146. The lowest BCUT2D eigenvalue weighted by molar-refractivity contribution is 0.0705. The Balaban J connectivity index is 1.92. The summed E-state index contributed by atoms with van der Waals surface area (Å²) >= 11 is 0. The fourth-order valence-electron chi connectivity index (χ4n) is 2.39. The van der Waals surface area contributed by atoms with Crippen LogP contribution in [0, 0.1) is 0 Å². The molecule has 3 rings (SSSR count). The monoisotopic (exact) mass is 244 g/mol. The highest BCUT2D eigenvalue weighted by atomic mass is 16.2. The molecule has 1 aliphatic heterocycles. The van der Waals surface area contributed by atoms with Crippen LogP contribution in [0.1, 0.15) is 17.4 Å². The van der Waals surface area contributed by atoms with E-state index >= 15 is 0 Å². The molecule has 1 aromatic carbocycles. The van der Waals surface area contributed by atoms with Crippen molar-refractivity contribution >= 4 is 16.8 Å². The van der Waals surface area contributed by atoms with E-state index in [-0.39, 0.29) is 5.91 Å². The Labute approximate surface area is 105 Å². The Bertz CT molecular complexity index is 577. The van der Waals surface area contributed by atoms with Gasteiger partial charge in [-0.15, -0.1) is 0 Å². The van der Waals surface area contributed by atoms with Crippen molar-refractivity contribution in [2.75, 3.05) is 19.6 Å². The Morgan fingerprint density at radius 2 is 2.28 bits per heavy atom. The molecule has 1 aliphatic rings. The number of para-hydroxylation sites is 1. The van der Waals surface area contributed by atoms with Crippen molar-refractivity contribution in [3.8, 4) is 0 Å². The summed E-state index contributed by atoms with van der Waals surface area (Å²) in [5.74, 6) is 0.0146. The average Bonchev–Trinajstić information content (AvgIpc) is 2.82. The molecule has 2 heterocycles. The first kappa shape index (κ1) is 11.2. The molecule has 1 aromatic heterocycles. The number of H-pyrrole nitrogens is 1. The van der Waals surface area contributed by atoms with Gasteiger partial charge in [0.05, 0.1) is 5.52 Å². The van der Waals surface area contributed by atoms with Crippen molar-refractivity contribution in [1.29, 1.82) is 0 Å². The van der Waals surface area contributed by atoms with Crippen LogP contribution in [0.4, 0.5) is 0 Å². The molecule has 5 heteroatoms. The number of hydrogen-bond donors (Lipinski definition) is 2. The molecule has 0 aliphatic carbocycles. The van der Waals surface area contributed by atoms with Crippen LogP contribution in [0.3, 0.4) is 0 Å². The molecule has 94 valence electrons. The van der Waals surface area contributed by atoms with E-state index < -0.39 is 0 Å². The molecule has 1 fully saturated rings. The van der Waals surface area contributed by atoms with E-state index in [1.807, 2.05) is 29.2 Å². The number of nitrogens with one attached hydrogen (secondary N) is 2. The quantitative estimate of drug-likeness (QED) is 0.786. The van der Waals surface area contributed by atoms with E-state index in [0.29, 0.717) is 11.7 Å². The van der Waals surface area contributed by atoms with Crippen LogP contribution in [-0.4, -0.2) is 46.7 Å². The number of fused-ring (bicyclic) bond motifs is 1. The first-order valence-corrected chi connectivity index (χ1v) is 6.21. The van der Waals surface area contributed by atoms with E-state index in [9.17, 15) is 4.79 Å². The lowest BCUT2D eigenvalue weighted by Crippen LogP contribution is -2.51. The second-order valence-corrected chi connectivity index (χ2v) is 4.72. The first-order chi connectivity index (χ1) is 8.75. The predicted molar refractivity (Wildman–Crippen MR) is 69.5 cm³/mol. The summed E-state index contributed by atoms with van der Waals surface area (Å²) < 4.78 is 0. The highest BCUT2D eigenvalue weighted by Crippen LogP contribution is 2.17. The molecule has 18 heavy (non-hydrogen) atoms. The zero-order valence-electron chi connectivity index (χ0n) is 10.3. The number of hydrogen-bond acceptors (Lipinski definition) is 3. The van der Waals surface area contributed by atoms with Gasteiger partial charge in [-0.25, -0.2) is 0 Å². The first-order valence-electron chi connectivity index (χ1n) is 6.21. The standard InChI is InChI=1S/C13H16N4O/c1-9-8-17(7-6-14-9)13(18)12-10-4-2-3-5-11(10)15-16-12/h2-5,9,14H,6-8H2,1H3,(H,15,16)/t9-/m0/s1. The van der Waals surface area contributed by atoms with Crippen molar-refractivity contribution in [3.05, 3.63) is 30.0 Å². The van der Waals surface area contributed by atoms with Gasteiger partial charge in [-0.3, -0.25) is 9.89 Å². The Kier molecular flexibility index (Phi) is 2.76. The van der Waals surface area contributed by atoms with Gasteiger partial charge in [0.25, 0.3) is 5.91 Å². The van der Waals surface area contributed by atoms with Gasteiger partial charge in [-0.2, -0.15) is 5.10 Å². The summed E-state index contributed by atoms with van der Waals surface area (Å²) in [6, 6.07) is 8.06. The van der Waals surface area contributed by atoms with Crippen LogP contribution in [-0.2, 0) is 0 Å². The fraction of sp³-hybridized carbons (Fsp3) is 0.385. The van der Waals surface area contributed by atoms with Gasteiger partial charge in [0.15, 0.2) is 5.69 Å². The number of aromatic nitrogens is 2. The minimum Gasteiger partial charge on any atom is -0.334 e. The molecule has 0 spiro atoms. The highest BCUT2D eigenvalue weighted by Gasteiger charge is 2.24. The largest absolute Gasteiger partial charge is 0.334 e. The molecule has 2 aromatic rings. The topological polar surface area (TPSA) is 61.0 Å². The molecule has 1 amide bonds. The molecule has 5 nitrogen and oxygen atoms in total. The number of nitrogens with zero attached hydrogens (tertiary/aromatic N) is 2. The summed E-state index contributed by atoms with van der Waals surface area (Å²) in [7, 11) is 0. The van der Waals surface area contributed by atoms with Crippen LogP contribution >= 0.6 is 0 Å². The summed E-state index contributed by atoms with van der Waals surface area (Å²) in [5.41, 5.74) is 1.43. The third-order valence-corrected chi connectivity index (χ3v) is 3.33. The smallest absolute Gasteiger partial charge is 0.275 e. The van der Waals surface area contributed by atoms with Crippen molar-refractivity contribution in [3.63, 3.8) is 0 Å². The van der Waals surface area contributed by atoms with Crippen molar-refractivity contribution < 1.29 is 4.79 Å². The van der Waals surface area contributed by atoms with Gasteiger partial charge in [-0.1, -0.05) is 18.2 Å². The molecule has 2 N–H and O–H groups in total. The molecular weight excluding hydrogens is 228 g/mol. The molecular formula is C13H16N4O. The number of piperazine rings is 1. The van der Waals surface area contributed by atoms with Gasteiger partial charge >= 0.3 is 0 Å². The average molecular weight is 244 g/mol. The molecule has 0 bridgehead atoms. The normalized spacial score (nSPS) is 20.3. The van der Waals surface area contributed by atoms with Crippen LogP contribution in [0.2, 0.25) is 0 Å². The van der Waals surface area contributed by atoms with Crippen molar-refractivity contribution in [2.45, 2.75) is 13.0 Å². The summed E-state index contributed by atoms with van der Waals surface area (Å²) in [4.78, 5) is 14.3. The number of carbonyl (C=O) groups is 1. The van der Waals surface area contributed by atoms with Crippen LogP contribution in [0.5, 0.6) is 0 Å². The number of amides is 1. The van der Waals surface area contributed by atoms with Gasteiger partial charge in [0.2, 0.25) is 0 Å². The fourth-order valence-corrected chi connectivity index (χ4v) is 2.39. The van der Waals surface area contributed by atoms with Crippen LogP contribution in [0.25, 0.3) is 10.9 Å². The zero-order valence-corrected chi connectivity index (χ0v) is 10.3. The molecule has 0 saturated carbocycles. The van der Waals surface area contributed by atoms with Crippen LogP contribution < -0.4 is 5.32 Å². The van der Waals surface area contributed by atoms with E-state index in [1.54, 1.807) is 0 Å². The maximum atomic E-state index is 12.4. The Morgan fingerprint density at radius 1 is 1.44 bits per heavy atom. The highest BCUT2D eigenvalue weighted by molar-refractivity contribution is 6.04. The van der Waals surface area contributed by atoms with Gasteiger partial charge in [0.1, 0.15) is 0 Å². The Morgan fingerprint density at radius 3 is 3.11 bits per heavy atom. The van der Waals surface area contributed by atoms with E-state index in [0.717, 1.165) is 30.5 Å². The minimum absolute atomic E-state index is 0.0146. The lowest BCUT2D eigenvalue weighted by atomic mass is 10.1. The van der Waals surface area contributed by atoms with Gasteiger partial charge in [0, 0.05) is 31.1 Å². The summed E-state index contributed by atoms with van der Waals surface area (Å²) in [6.45, 7) is 4.40. The second-order valence-electron chi connectivity index (χ2n) is 4.72. The number of benzene rings is 1. The number of carbonyl (C=O) groups excluding carboxylic acids is 1. The van der Waals surface area contributed by atoms with Gasteiger partial charge < -0.3 is 10.2 Å². The number of rotatable bonds is 1. The van der Waals surface area contributed by atoms with E-state index in [1.165, 1.54) is 0 Å². The van der Waals surface area contributed by atoms with E-state index in [4.69, 9.17) is 0 Å². The summed E-state index contributed by atoms with van der Waals surface area (Å²) in [5, 5.41) is 11.3. The van der Waals surface area contributed by atoms with Gasteiger partial charge in [-0.05, 0) is 13.0 Å². The molecule has 1 saturated heterocycles. The van der Waals surface area contributed by atoms with E-state index in [2.05, 4.69) is 22.4 Å². The number of aromatic amines is 1.